The number of nitrogens with one attached hydrogen (secondary N) is 2. The number of ether oxygens (including phenoxy) is 2. The van der Waals surface area contributed by atoms with Crippen molar-refractivity contribution in [2.75, 3.05) is 25.1 Å². The third-order valence-corrected chi connectivity index (χ3v) is 11.5. The van der Waals surface area contributed by atoms with Gasteiger partial charge in [-0.25, -0.2) is 4.68 Å². The maximum absolute atomic E-state index is 15.4. The molecule has 12 heteroatoms. The number of anilines is 1. The summed E-state index contributed by atoms with van der Waals surface area (Å²) in [4.78, 5) is 47.3. The molecular weight excluding hydrogens is 745 g/mol. The van der Waals surface area contributed by atoms with Gasteiger partial charge in [0.2, 0.25) is 11.8 Å². The SMILES string of the molecule is C=CCNC(=O)[C@H]1[C@@H]2C(=O)O[C@@H](c3ccccc3)[C@@H](c3ccccc3)N2[C@@H](c2ccccc2OCCO)[C@]12C(=O)Nc1ccc(C#CCn3nnc4ccccc43)cc12. The normalized spacial score (nSPS) is 23.1. The average Bonchev–Trinajstić information content (AvgIpc) is 3.92. The first-order chi connectivity index (χ1) is 28.9. The van der Waals surface area contributed by atoms with E-state index in [1.807, 2.05) is 120 Å². The Hall–Kier alpha value is -7.07. The van der Waals surface area contributed by atoms with Crippen LogP contribution in [-0.4, -0.2) is 68.6 Å². The van der Waals surface area contributed by atoms with Crippen molar-refractivity contribution in [1.29, 1.82) is 0 Å². The molecule has 3 N–H and O–H groups in total. The summed E-state index contributed by atoms with van der Waals surface area (Å²) >= 11 is 0. The maximum Gasteiger partial charge on any atom is 0.324 e. The molecular formula is C47H40N6O6. The van der Waals surface area contributed by atoms with Gasteiger partial charge in [-0.05, 0) is 53.1 Å². The number of nitrogens with zero attached hydrogens (tertiary/aromatic N) is 4. The average molecular weight is 785 g/mol. The van der Waals surface area contributed by atoms with Crippen LogP contribution < -0.4 is 15.4 Å². The van der Waals surface area contributed by atoms with Gasteiger partial charge in [-0.1, -0.05) is 114 Å². The standard InChI is InChI=1S/C47H40N6O6/c1-2-25-48-44(55)39-41-45(56)59-42(32-17-7-4-8-18-32)40(31-15-5-3-6-16-31)53(41)43(33-19-9-12-22-38(33)58-28-27-54)47(39)34-29-30(23-24-35(34)49-46(47)57)14-13-26-52-37-21-11-10-20-36(37)50-51-52/h2-12,15-24,29,39-43,54H,1,25-28H2,(H,48,55)(H,49,57)/t39-,40-,41-,42+,43+,47-/m1/s1. The van der Waals surface area contributed by atoms with Crippen molar-refractivity contribution in [3.63, 3.8) is 0 Å². The Balaban J connectivity index is 1.29. The highest BCUT2D eigenvalue weighted by Crippen LogP contribution is 2.65. The number of esters is 1. The Kier molecular flexibility index (Phi) is 9.98. The Morgan fingerprint density at radius 2 is 1.66 bits per heavy atom. The second kappa shape index (κ2) is 15.7. The van der Waals surface area contributed by atoms with Crippen molar-refractivity contribution in [3.05, 3.63) is 168 Å². The van der Waals surface area contributed by atoms with Gasteiger partial charge >= 0.3 is 5.97 Å². The summed E-state index contributed by atoms with van der Waals surface area (Å²) in [6, 6.07) is 36.6. The monoisotopic (exact) mass is 784 g/mol. The minimum absolute atomic E-state index is 0.0240. The largest absolute Gasteiger partial charge is 0.491 e. The number of rotatable bonds is 10. The van der Waals surface area contributed by atoms with Crippen LogP contribution >= 0.6 is 0 Å². The second-order valence-electron chi connectivity index (χ2n) is 14.7. The van der Waals surface area contributed by atoms with E-state index in [1.165, 1.54) is 0 Å². The van der Waals surface area contributed by atoms with Crippen molar-refractivity contribution in [2.45, 2.75) is 36.2 Å². The summed E-state index contributed by atoms with van der Waals surface area (Å²) in [6.07, 6.45) is 0.732. The van der Waals surface area contributed by atoms with Crippen LogP contribution in [0.3, 0.4) is 0 Å². The molecule has 1 spiro atoms. The molecule has 3 aliphatic rings. The molecule has 0 aliphatic carbocycles. The Labute approximate surface area is 340 Å². The summed E-state index contributed by atoms with van der Waals surface area (Å²) in [7, 11) is 0. The quantitative estimate of drug-likeness (QED) is 0.0941. The molecule has 2 fully saturated rings. The van der Waals surface area contributed by atoms with E-state index in [0.29, 0.717) is 28.1 Å². The van der Waals surface area contributed by atoms with Gasteiger partial charge in [0.15, 0.2) is 0 Å². The summed E-state index contributed by atoms with van der Waals surface area (Å²) in [5, 5.41) is 24.5. The van der Waals surface area contributed by atoms with E-state index in [4.69, 9.17) is 9.47 Å². The molecule has 5 aromatic carbocycles. The number of morpholine rings is 1. The molecule has 3 aliphatic heterocycles. The zero-order chi connectivity index (χ0) is 40.5. The predicted octanol–water partition coefficient (Wildman–Crippen LogP) is 5.43. The number of amides is 2. The fourth-order valence-electron chi connectivity index (χ4n) is 9.17. The Morgan fingerprint density at radius 1 is 0.932 bits per heavy atom. The van der Waals surface area contributed by atoms with Crippen LogP contribution in [0, 0.1) is 17.8 Å². The number of aliphatic hydroxyl groups is 1. The summed E-state index contributed by atoms with van der Waals surface area (Å²) < 4.78 is 14.4. The smallest absolute Gasteiger partial charge is 0.324 e. The van der Waals surface area contributed by atoms with Gasteiger partial charge in [0.25, 0.3) is 0 Å². The molecule has 12 nitrogen and oxygen atoms in total. The molecule has 0 bridgehead atoms. The van der Waals surface area contributed by atoms with E-state index >= 15 is 4.79 Å². The van der Waals surface area contributed by atoms with Gasteiger partial charge in [0.05, 0.1) is 30.1 Å². The predicted molar refractivity (Wildman–Crippen MR) is 220 cm³/mol. The molecule has 0 radical (unpaired) electrons. The second-order valence-corrected chi connectivity index (χ2v) is 14.7. The number of para-hydroxylation sites is 2. The van der Waals surface area contributed by atoms with E-state index in [-0.39, 0.29) is 26.3 Å². The van der Waals surface area contributed by atoms with E-state index in [9.17, 15) is 14.7 Å². The van der Waals surface area contributed by atoms with Crippen LogP contribution in [-0.2, 0) is 31.1 Å². The fraction of sp³-hybridized carbons (Fsp3) is 0.213. The van der Waals surface area contributed by atoms with Gasteiger partial charge < -0.3 is 25.2 Å². The third kappa shape index (κ3) is 6.32. The van der Waals surface area contributed by atoms with Gasteiger partial charge in [-0.3, -0.25) is 19.3 Å². The van der Waals surface area contributed by atoms with E-state index < -0.39 is 53.3 Å². The number of hydrogen-bond donors (Lipinski definition) is 3. The van der Waals surface area contributed by atoms with Gasteiger partial charge in [-0.15, -0.1) is 11.7 Å². The van der Waals surface area contributed by atoms with E-state index in [2.05, 4.69) is 39.4 Å². The van der Waals surface area contributed by atoms with Crippen LogP contribution in [0.25, 0.3) is 11.0 Å². The lowest BCUT2D eigenvalue weighted by atomic mass is 9.65. The van der Waals surface area contributed by atoms with Gasteiger partial charge in [0.1, 0.15) is 42.0 Å². The molecule has 0 saturated carbocycles. The van der Waals surface area contributed by atoms with Crippen molar-refractivity contribution < 1.29 is 29.0 Å². The first kappa shape index (κ1) is 37.5. The fourth-order valence-corrected chi connectivity index (χ4v) is 9.17. The van der Waals surface area contributed by atoms with Gasteiger partial charge in [-0.2, -0.15) is 0 Å². The number of aliphatic hydroxyl groups excluding tert-OH is 1. The summed E-state index contributed by atoms with van der Waals surface area (Å²) in [6.45, 7) is 3.88. The number of fused-ring (bicyclic) bond motifs is 4. The number of carbonyl (C=O) groups is 3. The van der Waals surface area contributed by atoms with Crippen molar-refractivity contribution in [3.8, 4) is 17.6 Å². The van der Waals surface area contributed by atoms with Crippen LogP contribution in [0.1, 0.15) is 46.0 Å². The molecule has 1 aromatic heterocycles. The van der Waals surface area contributed by atoms with Gasteiger partial charge in [0, 0.05) is 23.4 Å². The van der Waals surface area contributed by atoms with Crippen LogP contribution in [0.2, 0.25) is 0 Å². The number of carbonyl (C=O) groups excluding carboxylic acids is 3. The third-order valence-electron chi connectivity index (χ3n) is 11.5. The molecule has 4 heterocycles. The highest BCUT2D eigenvalue weighted by molar-refractivity contribution is 6.12. The molecule has 6 atom stereocenters. The zero-order valence-corrected chi connectivity index (χ0v) is 31.9. The lowest BCUT2D eigenvalue weighted by molar-refractivity contribution is -0.178. The molecule has 294 valence electrons. The number of cyclic esters (lactones) is 1. The minimum atomic E-state index is -1.73. The maximum atomic E-state index is 15.4. The van der Waals surface area contributed by atoms with E-state index in [1.54, 1.807) is 22.9 Å². The lowest BCUT2D eigenvalue weighted by Gasteiger charge is -2.46. The molecule has 59 heavy (non-hydrogen) atoms. The number of aromatic nitrogens is 3. The van der Waals surface area contributed by atoms with E-state index in [0.717, 1.165) is 22.2 Å². The first-order valence-corrected chi connectivity index (χ1v) is 19.5. The highest BCUT2D eigenvalue weighted by atomic mass is 16.6. The van der Waals surface area contributed by atoms with Crippen molar-refractivity contribution in [2.24, 2.45) is 5.92 Å². The summed E-state index contributed by atoms with van der Waals surface area (Å²) in [5.41, 5.74) is 3.59. The molecule has 9 rings (SSSR count). The van der Waals surface area contributed by atoms with Crippen LogP contribution in [0.4, 0.5) is 5.69 Å². The van der Waals surface area contributed by atoms with Crippen LogP contribution in [0.5, 0.6) is 5.75 Å². The molecule has 2 amide bonds. The summed E-state index contributed by atoms with van der Waals surface area (Å²) in [5.74, 6) is 3.94. The van der Waals surface area contributed by atoms with Crippen LogP contribution in [0.15, 0.2) is 140 Å². The van der Waals surface area contributed by atoms with Crippen molar-refractivity contribution in [1.82, 2.24) is 25.2 Å². The first-order valence-electron chi connectivity index (χ1n) is 19.5. The lowest BCUT2D eigenvalue weighted by Crippen LogP contribution is -2.54. The number of benzene rings is 5. The number of hydrogen-bond acceptors (Lipinski definition) is 9. The minimum Gasteiger partial charge on any atom is -0.491 e. The topological polar surface area (TPSA) is 148 Å². The van der Waals surface area contributed by atoms with Crippen molar-refractivity contribution >= 4 is 34.5 Å². The Bertz CT molecular complexity index is 2640. The Morgan fingerprint density at radius 3 is 2.44 bits per heavy atom. The highest BCUT2D eigenvalue weighted by Gasteiger charge is 2.74. The molecule has 6 aromatic rings. The molecule has 2 saturated heterocycles. The molecule has 0 unspecified atom stereocenters. The zero-order valence-electron chi connectivity index (χ0n) is 31.9.